The van der Waals surface area contributed by atoms with E-state index in [0.717, 1.165) is 11.8 Å². The monoisotopic (exact) mass is 445 g/mol. The number of aryl methyl sites for hydroxylation is 2. The van der Waals surface area contributed by atoms with Crippen molar-refractivity contribution in [2.75, 3.05) is 11.2 Å². The van der Waals surface area contributed by atoms with E-state index < -0.39 is 14.4 Å². The van der Waals surface area contributed by atoms with Crippen LogP contribution in [0.2, 0.25) is 0 Å². The third kappa shape index (κ3) is 4.71. The summed E-state index contributed by atoms with van der Waals surface area (Å²) in [5.41, 5.74) is 1.30. The molecule has 2 aromatic carbocycles. The molecule has 30 heavy (non-hydrogen) atoms. The maximum Gasteiger partial charge on any atom is 0.260 e. The summed E-state index contributed by atoms with van der Waals surface area (Å²) in [5, 5.41) is 0.0825. The van der Waals surface area contributed by atoms with Gasteiger partial charge in [0, 0.05) is 22.7 Å². The van der Waals surface area contributed by atoms with Gasteiger partial charge in [0.15, 0.2) is 10.9 Å². The van der Waals surface area contributed by atoms with Crippen molar-refractivity contribution in [3.63, 3.8) is 0 Å². The highest BCUT2D eigenvalue weighted by atomic mass is 33.1. The summed E-state index contributed by atoms with van der Waals surface area (Å²) in [6.45, 7) is 10.6. The Balaban J connectivity index is 1.95. The summed E-state index contributed by atoms with van der Waals surface area (Å²) < 4.78 is 37.0. The van der Waals surface area contributed by atoms with Crippen LogP contribution in [0.25, 0.3) is 4.85 Å². The Hall–Kier alpha value is -2.70. The Kier molecular flexibility index (Phi) is 6.01. The van der Waals surface area contributed by atoms with E-state index in [-0.39, 0.29) is 16.9 Å². The highest BCUT2D eigenvalue weighted by Crippen LogP contribution is 2.37. The van der Waals surface area contributed by atoms with Gasteiger partial charge in [-0.3, -0.25) is 9.69 Å². The van der Waals surface area contributed by atoms with E-state index in [1.54, 1.807) is 44.2 Å². The van der Waals surface area contributed by atoms with Crippen molar-refractivity contribution in [3.05, 3.63) is 70.8 Å². The van der Waals surface area contributed by atoms with Crippen molar-refractivity contribution < 1.29 is 17.6 Å². The Labute approximate surface area is 179 Å². The molecule has 0 unspecified atom stereocenters. The van der Waals surface area contributed by atoms with Crippen molar-refractivity contribution in [2.24, 2.45) is 4.99 Å². The molecule has 0 bridgehead atoms. The van der Waals surface area contributed by atoms with Gasteiger partial charge < -0.3 is 0 Å². The van der Waals surface area contributed by atoms with Gasteiger partial charge in [-0.25, -0.2) is 22.6 Å². The van der Waals surface area contributed by atoms with E-state index in [1.807, 2.05) is 0 Å². The lowest BCUT2D eigenvalue weighted by atomic mass is 9.93. The molecule has 0 aliphatic carbocycles. The molecular weight excluding hydrogens is 425 g/mol. The first-order valence-corrected chi connectivity index (χ1v) is 12.3. The summed E-state index contributed by atoms with van der Waals surface area (Å²) in [7, 11) is -2.99. The van der Waals surface area contributed by atoms with Gasteiger partial charge in [-0.05, 0) is 62.1 Å². The summed E-state index contributed by atoms with van der Waals surface area (Å²) >= 11 is 0. The van der Waals surface area contributed by atoms with Crippen LogP contribution in [0.5, 0.6) is 0 Å². The number of carbonyl (C=O) groups is 1. The standard InChI is InChI=1S/C21H20FN3O3S2/c1-14-13-17(9-10-18(14)23-3)25-19(26)21(2,24-20(25)29-30(4,27)28)12-11-15-5-7-16(22)8-6-15/h5-10,13H,11-12H2,1-2,4H3/t21-/m1/s1. The number of amidine groups is 1. The maximum atomic E-state index is 13.3. The smallest absolute Gasteiger partial charge is 0.260 e. The van der Waals surface area contributed by atoms with Gasteiger partial charge in [0.2, 0.25) is 8.87 Å². The molecule has 0 saturated carbocycles. The normalized spacial score (nSPS) is 19.0. The summed E-state index contributed by atoms with van der Waals surface area (Å²) in [6, 6.07) is 10.9. The molecule has 1 heterocycles. The lowest BCUT2D eigenvalue weighted by Crippen LogP contribution is -2.41. The fraction of sp³-hybridized carbons (Fsp3) is 0.286. The number of rotatable bonds is 5. The second kappa shape index (κ2) is 8.20. The van der Waals surface area contributed by atoms with Gasteiger partial charge in [-0.15, -0.1) is 0 Å². The van der Waals surface area contributed by atoms with E-state index in [0.29, 0.717) is 40.6 Å². The van der Waals surface area contributed by atoms with Crippen LogP contribution in [-0.2, 0) is 20.1 Å². The number of anilines is 1. The first kappa shape index (κ1) is 22.0. The number of halogens is 1. The molecule has 2 aromatic rings. The first-order valence-electron chi connectivity index (χ1n) is 9.09. The Morgan fingerprint density at radius 1 is 1.23 bits per heavy atom. The average Bonchev–Trinajstić information content (AvgIpc) is 2.90. The van der Waals surface area contributed by atoms with Crippen LogP contribution in [0.3, 0.4) is 0 Å². The van der Waals surface area contributed by atoms with Gasteiger partial charge in [0.25, 0.3) is 5.91 Å². The number of amides is 1. The van der Waals surface area contributed by atoms with Crippen LogP contribution in [0.4, 0.5) is 15.8 Å². The molecule has 3 rings (SSSR count). The number of nitrogens with zero attached hydrogens (tertiary/aromatic N) is 3. The molecule has 1 amide bonds. The van der Waals surface area contributed by atoms with Crippen molar-refractivity contribution in [1.82, 2.24) is 0 Å². The minimum absolute atomic E-state index is 0.0825. The molecule has 0 aromatic heterocycles. The molecule has 0 spiro atoms. The second-order valence-corrected chi connectivity index (χ2v) is 11.6. The number of carbonyl (C=O) groups excluding carboxylic acids is 1. The lowest BCUT2D eigenvalue weighted by molar-refractivity contribution is -0.121. The molecule has 0 saturated heterocycles. The van der Waals surface area contributed by atoms with E-state index >= 15 is 0 Å². The molecule has 156 valence electrons. The van der Waals surface area contributed by atoms with E-state index in [1.165, 1.54) is 17.0 Å². The van der Waals surface area contributed by atoms with E-state index in [4.69, 9.17) is 6.57 Å². The van der Waals surface area contributed by atoms with E-state index in [2.05, 4.69) is 9.84 Å². The van der Waals surface area contributed by atoms with Gasteiger partial charge in [0.05, 0.1) is 6.57 Å². The number of hydrogen-bond donors (Lipinski definition) is 0. The molecule has 9 heteroatoms. The van der Waals surface area contributed by atoms with Crippen LogP contribution in [0, 0.1) is 19.3 Å². The topological polar surface area (TPSA) is 71.2 Å². The van der Waals surface area contributed by atoms with Crippen LogP contribution in [-0.4, -0.2) is 31.3 Å². The third-order valence-corrected chi connectivity index (χ3v) is 6.88. The molecule has 6 nitrogen and oxygen atoms in total. The predicted octanol–water partition coefficient (Wildman–Crippen LogP) is 4.47. The molecular formula is C21H20FN3O3S2. The van der Waals surface area contributed by atoms with Gasteiger partial charge in [0.1, 0.15) is 11.4 Å². The minimum atomic E-state index is -3.52. The molecule has 1 aliphatic heterocycles. The summed E-state index contributed by atoms with van der Waals surface area (Å²) in [6.07, 6.45) is 1.87. The zero-order valence-corrected chi connectivity index (χ0v) is 18.3. The number of benzene rings is 2. The molecule has 0 fully saturated rings. The van der Waals surface area contributed by atoms with Crippen molar-refractivity contribution in [3.8, 4) is 0 Å². The molecule has 1 atom stereocenters. The summed E-state index contributed by atoms with van der Waals surface area (Å²) in [4.78, 5) is 22.6. The average molecular weight is 446 g/mol. The van der Waals surface area contributed by atoms with Crippen molar-refractivity contribution >= 4 is 42.1 Å². The predicted molar refractivity (Wildman–Crippen MR) is 118 cm³/mol. The Morgan fingerprint density at radius 2 is 1.90 bits per heavy atom. The van der Waals surface area contributed by atoms with Gasteiger partial charge in [-0.1, -0.05) is 18.2 Å². The molecule has 1 aliphatic rings. The third-order valence-electron chi connectivity index (χ3n) is 4.80. The Bertz CT molecular complexity index is 1170. The van der Waals surface area contributed by atoms with Gasteiger partial charge in [-0.2, -0.15) is 0 Å². The van der Waals surface area contributed by atoms with Gasteiger partial charge >= 0.3 is 0 Å². The fourth-order valence-electron chi connectivity index (χ4n) is 3.16. The highest BCUT2D eigenvalue weighted by Gasteiger charge is 2.46. The zero-order valence-electron chi connectivity index (χ0n) is 16.7. The minimum Gasteiger partial charge on any atom is -0.271 e. The van der Waals surface area contributed by atoms with Crippen LogP contribution in [0.15, 0.2) is 47.5 Å². The molecule has 0 N–H and O–H groups in total. The van der Waals surface area contributed by atoms with Crippen molar-refractivity contribution in [1.29, 1.82) is 0 Å². The SMILES string of the molecule is [C-]#[N+]c1ccc(N2C(=O)[C@@](C)(CCc3ccc(F)cc3)N=C2SS(C)(=O)=O)cc1C. The fourth-order valence-corrected chi connectivity index (χ4v) is 5.08. The Morgan fingerprint density at radius 3 is 2.47 bits per heavy atom. The number of aliphatic imine (C=N–C) groups is 1. The van der Waals surface area contributed by atoms with Crippen LogP contribution < -0.4 is 4.90 Å². The highest BCUT2D eigenvalue weighted by molar-refractivity contribution is 8.77. The quantitative estimate of drug-likeness (QED) is 0.503. The number of hydrogen-bond acceptors (Lipinski definition) is 5. The summed E-state index contributed by atoms with van der Waals surface area (Å²) in [5.74, 6) is -0.679. The lowest BCUT2D eigenvalue weighted by Gasteiger charge is -2.23. The van der Waals surface area contributed by atoms with E-state index in [9.17, 15) is 17.6 Å². The largest absolute Gasteiger partial charge is 0.271 e. The zero-order chi connectivity index (χ0) is 22.1. The second-order valence-electron chi connectivity index (χ2n) is 7.31. The van der Waals surface area contributed by atoms with Crippen LogP contribution in [0.1, 0.15) is 24.5 Å². The first-order chi connectivity index (χ1) is 14.0. The maximum absolute atomic E-state index is 13.3. The molecule has 0 radical (unpaired) electrons. The van der Waals surface area contributed by atoms with Crippen molar-refractivity contribution in [2.45, 2.75) is 32.2 Å². The van der Waals surface area contributed by atoms with Crippen LogP contribution >= 0.6 is 10.8 Å².